The highest BCUT2D eigenvalue weighted by atomic mass is 32.2. The highest BCUT2D eigenvalue weighted by Crippen LogP contribution is 2.15. The van der Waals surface area contributed by atoms with Crippen LogP contribution < -0.4 is 9.88 Å². The van der Waals surface area contributed by atoms with Gasteiger partial charge in [-0.05, 0) is 24.3 Å². The first-order valence-corrected chi connectivity index (χ1v) is 5.53. The molecule has 0 saturated carbocycles. The van der Waals surface area contributed by atoms with Crippen molar-refractivity contribution in [3.05, 3.63) is 24.3 Å². The number of aromatic hydroxyl groups is 1. The minimum absolute atomic E-state index is 0.0568. The maximum absolute atomic E-state index is 10.4. The Morgan fingerprint density at radius 1 is 1.20 bits per heavy atom. The molecule has 0 heterocycles. The fourth-order valence-electron chi connectivity index (χ4n) is 0.852. The van der Waals surface area contributed by atoms with Gasteiger partial charge in [0.1, 0.15) is 24.7 Å². The summed E-state index contributed by atoms with van der Waals surface area (Å²) in [4.78, 5) is 0. The predicted octanol–water partition coefficient (Wildman–Crippen LogP) is -0.00890. The fraction of sp³-hybridized carbons (Fsp3) is 0.250. The summed E-state index contributed by atoms with van der Waals surface area (Å²) in [5.41, 5.74) is 0. The maximum atomic E-state index is 10.4. The number of phenols is 1. The van der Waals surface area contributed by atoms with E-state index in [1.165, 1.54) is 12.1 Å². The van der Waals surface area contributed by atoms with Crippen molar-refractivity contribution < 1.29 is 22.4 Å². The lowest BCUT2D eigenvalue weighted by Gasteiger charge is -2.05. The summed E-state index contributed by atoms with van der Waals surface area (Å²) in [7, 11) is -3.91. The molecule has 7 heteroatoms. The highest BCUT2D eigenvalue weighted by Gasteiger charge is 2.01. The zero-order valence-corrected chi connectivity index (χ0v) is 8.61. The van der Waals surface area contributed by atoms with Crippen molar-refractivity contribution in [3.63, 3.8) is 0 Å². The summed E-state index contributed by atoms with van der Waals surface area (Å²) in [6.45, 7) is -0.0963. The van der Waals surface area contributed by atoms with Crippen molar-refractivity contribution in [1.82, 2.24) is 0 Å². The molecule has 84 valence electrons. The van der Waals surface area contributed by atoms with Gasteiger partial charge in [0.05, 0.1) is 0 Å². The van der Waals surface area contributed by atoms with Crippen LogP contribution in [0.2, 0.25) is 0 Å². The third-order valence-corrected chi connectivity index (χ3v) is 1.93. The summed E-state index contributed by atoms with van der Waals surface area (Å²) in [5.74, 6) is 0.633. The minimum atomic E-state index is -3.91. The van der Waals surface area contributed by atoms with Crippen molar-refractivity contribution >= 4 is 10.3 Å². The predicted molar refractivity (Wildman–Crippen MR) is 52.7 cm³/mol. The Morgan fingerprint density at radius 2 is 1.80 bits per heavy atom. The van der Waals surface area contributed by atoms with E-state index in [0.717, 1.165) is 0 Å². The van der Waals surface area contributed by atoms with Gasteiger partial charge in [-0.1, -0.05) is 0 Å². The molecule has 1 rings (SSSR count). The van der Waals surface area contributed by atoms with Crippen LogP contribution in [0.15, 0.2) is 24.3 Å². The van der Waals surface area contributed by atoms with Crippen LogP contribution in [-0.4, -0.2) is 26.7 Å². The molecule has 0 aliphatic carbocycles. The summed E-state index contributed by atoms with van der Waals surface area (Å²) in [6.07, 6.45) is 0. The Morgan fingerprint density at radius 3 is 2.33 bits per heavy atom. The Kier molecular flexibility index (Phi) is 3.89. The van der Waals surface area contributed by atoms with Crippen LogP contribution in [-0.2, 0) is 14.5 Å². The molecule has 0 spiro atoms. The largest absolute Gasteiger partial charge is 0.508 e. The quantitative estimate of drug-likeness (QED) is 0.697. The summed E-state index contributed by atoms with van der Waals surface area (Å²) in [5, 5.41) is 13.6. The molecule has 0 atom stereocenters. The monoisotopic (exact) mass is 233 g/mol. The second-order valence-corrected chi connectivity index (χ2v) is 3.88. The zero-order valence-electron chi connectivity index (χ0n) is 7.79. The second-order valence-electron chi connectivity index (χ2n) is 2.66. The van der Waals surface area contributed by atoms with Gasteiger partial charge in [-0.25, -0.2) is 5.14 Å². The number of hydrogen-bond donors (Lipinski definition) is 2. The fourth-order valence-corrected chi connectivity index (χ4v) is 1.15. The number of benzene rings is 1. The molecule has 0 aliphatic heterocycles. The summed E-state index contributed by atoms with van der Waals surface area (Å²) in [6, 6.07) is 6.00. The van der Waals surface area contributed by atoms with Crippen molar-refractivity contribution in [3.8, 4) is 11.5 Å². The SMILES string of the molecule is NS(=O)(=O)OCCOc1ccc(O)cc1. The third-order valence-electron chi connectivity index (χ3n) is 1.44. The van der Waals surface area contributed by atoms with Gasteiger partial charge in [0.2, 0.25) is 0 Å². The number of nitrogens with two attached hydrogens (primary N) is 1. The Labute approximate surface area is 87.5 Å². The Balaban J connectivity index is 2.29. The van der Waals surface area contributed by atoms with Crippen molar-refractivity contribution in [2.45, 2.75) is 0 Å². The molecule has 3 N–H and O–H groups in total. The first-order chi connectivity index (χ1) is 6.97. The van der Waals surface area contributed by atoms with E-state index in [9.17, 15) is 8.42 Å². The van der Waals surface area contributed by atoms with Gasteiger partial charge in [-0.3, -0.25) is 4.18 Å². The second kappa shape index (κ2) is 4.96. The van der Waals surface area contributed by atoms with Crippen LogP contribution in [0.5, 0.6) is 11.5 Å². The highest BCUT2D eigenvalue weighted by molar-refractivity contribution is 7.84. The van der Waals surface area contributed by atoms with E-state index in [4.69, 9.17) is 9.84 Å². The molecule has 6 nitrogen and oxygen atoms in total. The van der Waals surface area contributed by atoms with Crippen LogP contribution in [0.4, 0.5) is 0 Å². The molecule has 0 fully saturated rings. The smallest absolute Gasteiger partial charge is 0.333 e. The van der Waals surface area contributed by atoms with Gasteiger partial charge in [0.25, 0.3) is 0 Å². The van der Waals surface area contributed by atoms with Crippen molar-refractivity contribution in [1.29, 1.82) is 0 Å². The number of ether oxygens (including phenoxy) is 1. The average molecular weight is 233 g/mol. The molecular weight excluding hydrogens is 222 g/mol. The zero-order chi connectivity index (χ0) is 11.3. The molecule has 0 saturated heterocycles. The van der Waals surface area contributed by atoms with E-state index in [1.807, 2.05) is 0 Å². The average Bonchev–Trinajstić information content (AvgIpc) is 2.14. The van der Waals surface area contributed by atoms with Crippen LogP contribution in [0.3, 0.4) is 0 Å². The number of hydrogen-bond acceptors (Lipinski definition) is 5. The molecule has 0 radical (unpaired) electrons. The van der Waals surface area contributed by atoms with E-state index >= 15 is 0 Å². The van der Waals surface area contributed by atoms with Gasteiger partial charge in [-0.2, -0.15) is 8.42 Å². The molecule has 0 aromatic heterocycles. The molecule has 0 unspecified atom stereocenters. The lowest BCUT2D eigenvalue weighted by Crippen LogP contribution is -2.19. The first-order valence-electron chi connectivity index (χ1n) is 4.06. The van der Waals surface area contributed by atoms with Crippen molar-refractivity contribution in [2.75, 3.05) is 13.2 Å². The van der Waals surface area contributed by atoms with Gasteiger partial charge in [-0.15, -0.1) is 0 Å². The van der Waals surface area contributed by atoms with Crippen LogP contribution in [0.25, 0.3) is 0 Å². The number of rotatable bonds is 5. The summed E-state index contributed by atoms with van der Waals surface area (Å²) < 4.78 is 30.1. The van der Waals surface area contributed by atoms with Gasteiger partial charge >= 0.3 is 10.3 Å². The van der Waals surface area contributed by atoms with E-state index in [2.05, 4.69) is 9.32 Å². The van der Waals surface area contributed by atoms with E-state index in [1.54, 1.807) is 12.1 Å². The molecule has 0 bridgehead atoms. The molecule has 15 heavy (non-hydrogen) atoms. The molecule has 0 aliphatic rings. The minimum Gasteiger partial charge on any atom is -0.508 e. The van der Waals surface area contributed by atoms with Crippen LogP contribution in [0, 0.1) is 0 Å². The summed E-state index contributed by atoms with van der Waals surface area (Å²) >= 11 is 0. The third kappa shape index (κ3) is 5.21. The van der Waals surface area contributed by atoms with E-state index in [-0.39, 0.29) is 19.0 Å². The van der Waals surface area contributed by atoms with E-state index in [0.29, 0.717) is 5.75 Å². The number of phenolic OH excluding ortho intramolecular Hbond substituents is 1. The van der Waals surface area contributed by atoms with E-state index < -0.39 is 10.3 Å². The van der Waals surface area contributed by atoms with Crippen molar-refractivity contribution in [2.24, 2.45) is 5.14 Å². The first kappa shape index (κ1) is 11.8. The Bertz CT molecular complexity index is 400. The normalized spacial score (nSPS) is 11.3. The lowest BCUT2D eigenvalue weighted by atomic mass is 10.3. The molecule has 0 amide bonds. The molecule has 1 aromatic rings. The molecule has 1 aromatic carbocycles. The van der Waals surface area contributed by atoms with Gasteiger partial charge in [0.15, 0.2) is 0 Å². The van der Waals surface area contributed by atoms with Crippen LogP contribution >= 0.6 is 0 Å². The topological polar surface area (TPSA) is 98.9 Å². The maximum Gasteiger partial charge on any atom is 0.333 e. The van der Waals surface area contributed by atoms with Crippen LogP contribution in [0.1, 0.15) is 0 Å². The lowest BCUT2D eigenvalue weighted by molar-refractivity contribution is 0.221. The Hall–Kier alpha value is -1.31. The van der Waals surface area contributed by atoms with Gasteiger partial charge in [0, 0.05) is 0 Å². The molecular formula is C8H11NO5S. The standard InChI is InChI=1S/C8H11NO5S/c9-15(11,12)14-6-5-13-8-3-1-7(10)2-4-8/h1-4,10H,5-6H2,(H2,9,11,12). The van der Waals surface area contributed by atoms with Gasteiger partial charge < -0.3 is 9.84 Å².